The van der Waals surface area contributed by atoms with Crippen molar-refractivity contribution < 1.29 is 9.18 Å². The highest BCUT2D eigenvalue weighted by atomic mass is 19.1. The predicted molar refractivity (Wildman–Crippen MR) is 120 cm³/mol. The van der Waals surface area contributed by atoms with Crippen LogP contribution in [0.1, 0.15) is 18.4 Å². The number of fused-ring (bicyclic) bond motifs is 3. The summed E-state index contributed by atoms with van der Waals surface area (Å²) in [4.78, 5) is 15.2. The lowest BCUT2D eigenvalue weighted by atomic mass is 9.75. The number of amides is 1. The Morgan fingerprint density at radius 2 is 2.06 bits per heavy atom. The SMILES string of the molecule is Nc1cccc(-c2cn(C[C@H]3CC4CCN3C[C@@H]4C(=O)NCc3ccc(F)cc3)nn2)c1. The summed E-state index contributed by atoms with van der Waals surface area (Å²) in [5.74, 6) is 0.192. The summed E-state index contributed by atoms with van der Waals surface area (Å²) < 4.78 is 15.0. The van der Waals surface area contributed by atoms with Crippen molar-refractivity contribution in [1.82, 2.24) is 25.2 Å². The molecule has 6 rings (SSSR count). The lowest BCUT2D eigenvalue weighted by Crippen LogP contribution is -2.57. The molecule has 8 heteroatoms. The second-order valence-corrected chi connectivity index (χ2v) is 8.84. The van der Waals surface area contributed by atoms with Gasteiger partial charge in [-0.3, -0.25) is 14.4 Å². The maximum absolute atomic E-state index is 13.1. The summed E-state index contributed by atoms with van der Waals surface area (Å²) in [6, 6.07) is 14.2. The zero-order chi connectivity index (χ0) is 22.1. The van der Waals surface area contributed by atoms with Crippen LogP contribution in [0, 0.1) is 17.7 Å². The Morgan fingerprint density at radius 1 is 1.22 bits per heavy atom. The average Bonchev–Trinajstić information content (AvgIpc) is 3.27. The number of halogens is 1. The number of rotatable bonds is 6. The van der Waals surface area contributed by atoms with Gasteiger partial charge in [0, 0.05) is 30.4 Å². The van der Waals surface area contributed by atoms with E-state index in [1.807, 2.05) is 35.1 Å². The Hall–Kier alpha value is -3.26. The fraction of sp³-hybridized carbons (Fsp3) is 0.375. The smallest absolute Gasteiger partial charge is 0.224 e. The molecule has 32 heavy (non-hydrogen) atoms. The van der Waals surface area contributed by atoms with Crippen LogP contribution in [0.15, 0.2) is 54.7 Å². The number of benzene rings is 2. The number of nitrogens with two attached hydrogens (primary N) is 1. The van der Waals surface area contributed by atoms with Crippen molar-refractivity contribution in [3.8, 4) is 11.3 Å². The summed E-state index contributed by atoms with van der Waals surface area (Å²) in [6.45, 7) is 2.96. The van der Waals surface area contributed by atoms with Crippen molar-refractivity contribution >= 4 is 11.6 Å². The zero-order valence-electron chi connectivity index (χ0n) is 17.8. The van der Waals surface area contributed by atoms with E-state index in [2.05, 4.69) is 20.5 Å². The first-order valence-corrected chi connectivity index (χ1v) is 11.1. The largest absolute Gasteiger partial charge is 0.399 e. The van der Waals surface area contributed by atoms with Crippen LogP contribution in [0.2, 0.25) is 0 Å². The Bertz CT molecular complexity index is 1100. The van der Waals surface area contributed by atoms with Crippen LogP contribution in [0.25, 0.3) is 11.3 Å². The zero-order valence-corrected chi connectivity index (χ0v) is 17.8. The first-order chi connectivity index (χ1) is 15.5. The number of carbonyl (C=O) groups is 1. The highest BCUT2D eigenvalue weighted by Crippen LogP contribution is 2.37. The Morgan fingerprint density at radius 3 is 2.81 bits per heavy atom. The lowest BCUT2D eigenvalue weighted by molar-refractivity contribution is -0.133. The minimum absolute atomic E-state index is 0.000880. The number of hydrogen-bond donors (Lipinski definition) is 2. The molecule has 0 spiro atoms. The molecule has 0 aliphatic carbocycles. The van der Waals surface area contributed by atoms with Gasteiger partial charge < -0.3 is 11.1 Å². The number of hydrogen-bond acceptors (Lipinski definition) is 5. The van der Waals surface area contributed by atoms with Crippen LogP contribution in [-0.4, -0.2) is 44.9 Å². The van der Waals surface area contributed by atoms with Crippen LogP contribution in [-0.2, 0) is 17.9 Å². The van der Waals surface area contributed by atoms with Crippen LogP contribution in [0.4, 0.5) is 10.1 Å². The van der Waals surface area contributed by atoms with E-state index in [1.165, 1.54) is 12.1 Å². The van der Waals surface area contributed by atoms with Gasteiger partial charge in [-0.05, 0) is 55.1 Å². The molecular weight excluding hydrogens is 407 g/mol. The number of nitrogen functional groups attached to an aromatic ring is 1. The van der Waals surface area contributed by atoms with Gasteiger partial charge in [0.15, 0.2) is 0 Å². The number of aromatic nitrogens is 3. The Labute approximate surface area is 186 Å². The molecule has 2 aromatic carbocycles. The highest BCUT2D eigenvalue weighted by Gasteiger charge is 2.43. The van der Waals surface area contributed by atoms with Crippen molar-refractivity contribution in [1.29, 1.82) is 0 Å². The topological polar surface area (TPSA) is 89.1 Å². The standard InChI is InChI=1S/C24H27FN6O/c25-19-6-4-16(5-7-19)12-27-24(32)22-14-30-9-8-17(22)11-21(30)13-31-15-23(28-29-31)18-2-1-3-20(26)10-18/h1-7,10,15,17,21-22H,8-9,11-14,26H2,(H,27,32)/t17?,21-,22+/m1/s1. The van der Waals surface area contributed by atoms with Crippen molar-refractivity contribution in [3.63, 3.8) is 0 Å². The second kappa shape index (κ2) is 8.70. The molecule has 166 valence electrons. The van der Waals surface area contributed by atoms with Gasteiger partial charge in [0.25, 0.3) is 0 Å². The maximum Gasteiger partial charge on any atom is 0.224 e. The first-order valence-electron chi connectivity index (χ1n) is 11.1. The summed E-state index contributed by atoms with van der Waals surface area (Å²) >= 11 is 0. The maximum atomic E-state index is 13.1. The van der Waals surface area contributed by atoms with Gasteiger partial charge in [0.05, 0.1) is 18.7 Å². The molecule has 4 atom stereocenters. The molecule has 1 amide bonds. The molecular formula is C24H27FN6O. The van der Waals surface area contributed by atoms with E-state index in [4.69, 9.17) is 5.73 Å². The predicted octanol–water partition coefficient (Wildman–Crippen LogP) is 2.69. The van der Waals surface area contributed by atoms with Gasteiger partial charge in [0.2, 0.25) is 5.91 Å². The summed E-state index contributed by atoms with van der Waals surface area (Å²) in [5.41, 5.74) is 9.26. The number of carbonyl (C=O) groups excluding carboxylic acids is 1. The van der Waals surface area contributed by atoms with Gasteiger partial charge >= 0.3 is 0 Å². The van der Waals surface area contributed by atoms with E-state index in [1.54, 1.807) is 12.1 Å². The first kappa shape index (κ1) is 20.6. The Kier molecular flexibility index (Phi) is 5.61. The number of piperidine rings is 3. The van der Waals surface area contributed by atoms with E-state index >= 15 is 0 Å². The van der Waals surface area contributed by atoms with Crippen molar-refractivity contribution in [2.75, 3.05) is 18.8 Å². The summed E-state index contributed by atoms with van der Waals surface area (Å²) in [5, 5.41) is 11.7. The number of nitrogens with one attached hydrogen (secondary N) is 1. The summed E-state index contributed by atoms with van der Waals surface area (Å²) in [7, 11) is 0. The van der Waals surface area contributed by atoms with E-state index in [0.717, 1.165) is 49.3 Å². The Balaban J connectivity index is 1.18. The average molecular weight is 435 g/mol. The van der Waals surface area contributed by atoms with Crippen molar-refractivity contribution in [3.05, 3.63) is 66.1 Å². The molecule has 3 aliphatic rings. The molecule has 3 aliphatic heterocycles. The van der Waals surface area contributed by atoms with E-state index in [-0.39, 0.29) is 17.6 Å². The molecule has 3 aromatic rings. The number of anilines is 1. The van der Waals surface area contributed by atoms with Crippen LogP contribution >= 0.6 is 0 Å². The minimum atomic E-state index is -0.268. The molecule has 3 saturated heterocycles. The third-order valence-corrected chi connectivity index (χ3v) is 6.71. The second-order valence-electron chi connectivity index (χ2n) is 8.84. The molecule has 7 nitrogen and oxygen atoms in total. The van der Waals surface area contributed by atoms with Crippen LogP contribution < -0.4 is 11.1 Å². The molecule has 3 fully saturated rings. The van der Waals surface area contributed by atoms with E-state index in [0.29, 0.717) is 24.2 Å². The van der Waals surface area contributed by atoms with Crippen LogP contribution in [0.3, 0.4) is 0 Å². The molecule has 1 aromatic heterocycles. The molecule has 4 heterocycles. The van der Waals surface area contributed by atoms with Crippen LogP contribution in [0.5, 0.6) is 0 Å². The van der Waals surface area contributed by atoms with Crippen molar-refractivity contribution in [2.45, 2.75) is 32.0 Å². The minimum Gasteiger partial charge on any atom is -0.399 e. The van der Waals surface area contributed by atoms with Gasteiger partial charge in [-0.25, -0.2) is 4.39 Å². The van der Waals surface area contributed by atoms with Gasteiger partial charge in [-0.2, -0.15) is 0 Å². The number of nitrogens with zero attached hydrogens (tertiary/aromatic N) is 4. The lowest BCUT2D eigenvalue weighted by Gasteiger charge is -2.49. The monoisotopic (exact) mass is 434 g/mol. The van der Waals surface area contributed by atoms with Gasteiger partial charge in [-0.1, -0.05) is 29.5 Å². The van der Waals surface area contributed by atoms with Gasteiger partial charge in [-0.15, -0.1) is 5.10 Å². The molecule has 0 saturated carbocycles. The molecule has 3 N–H and O–H groups in total. The third kappa shape index (κ3) is 4.36. The van der Waals surface area contributed by atoms with E-state index < -0.39 is 0 Å². The quantitative estimate of drug-likeness (QED) is 0.583. The fourth-order valence-electron chi connectivity index (χ4n) is 4.98. The molecule has 2 unspecified atom stereocenters. The molecule has 2 bridgehead atoms. The summed E-state index contributed by atoms with van der Waals surface area (Å²) in [6.07, 6.45) is 3.98. The normalized spacial score (nSPS) is 24.4. The highest BCUT2D eigenvalue weighted by molar-refractivity contribution is 5.79. The third-order valence-electron chi connectivity index (χ3n) is 6.71. The van der Waals surface area contributed by atoms with Crippen molar-refractivity contribution in [2.24, 2.45) is 11.8 Å². The van der Waals surface area contributed by atoms with Gasteiger partial charge in [0.1, 0.15) is 11.5 Å². The fourth-order valence-corrected chi connectivity index (χ4v) is 4.98. The van der Waals surface area contributed by atoms with E-state index in [9.17, 15) is 9.18 Å². The molecule has 0 radical (unpaired) electrons.